The maximum absolute atomic E-state index is 5.98. The van der Waals surface area contributed by atoms with E-state index in [2.05, 4.69) is 32.5 Å². The van der Waals surface area contributed by atoms with Crippen LogP contribution in [-0.4, -0.2) is 29.1 Å². The standard InChI is InChI=1S/C19H27N5OS/c1-13-14(2)26-18(24-13)12-23-19(20-3)22-11-15-8-9-21-17(10-15)25-16-6-4-5-7-16/h8-10,16H,4-7,11-12H2,1-3H3,(H2,20,22,23). The van der Waals surface area contributed by atoms with Gasteiger partial charge in [0.1, 0.15) is 11.1 Å². The lowest BCUT2D eigenvalue weighted by Crippen LogP contribution is -2.36. The first-order valence-electron chi connectivity index (χ1n) is 9.13. The van der Waals surface area contributed by atoms with Crippen LogP contribution in [0.5, 0.6) is 5.88 Å². The van der Waals surface area contributed by atoms with Crippen LogP contribution in [0.25, 0.3) is 0 Å². The topological polar surface area (TPSA) is 71.4 Å². The van der Waals surface area contributed by atoms with Gasteiger partial charge in [0.15, 0.2) is 5.96 Å². The minimum atomic E-state index is 0.324. The van der Waals surface area contributed by atoms with E-state index in [1.165, 1.54) is 17.7 Å². The normalized spacial score (nSPS) is 15.3. The number of hydrogen-bond acceptors (Lipinski definition) is 5. The number of hydrogen-bond donors (Lipinski definition) is 2. The number of aryl methyl sites for hydroxylation is 2. The van der Waals surface area contributed by atoms with Crippen LogP contribution >= 0.6 is 11.3 Å². The largest absolute Gasteiger partial charge is 0.474 e. The zero-order valence-corrected chi connectivity index (χ0v) is 16.5. The first-order chi connectivity index (χ1) is 12.6. The van der Waals surface area contributed by atoms with Crippen LogP contribution in [0.3, 0.4) is 0 Å². The number of nitrogens with zero attached hydrogens (tertiary/aromatic N) is 3. The van der Waals surface area contributed by atoms with Crippen LogP contribution in [0.15, 0.2) is 23.3 Å². The van der Waals surface area contributed by atoms with Gasteiger partial charge in [-0.1, -0.05) is 0 Å². The summed E-state index contributed by atoms with van der Waals surface area (Å²) in [5, 5.41) is 7.71. The maximum atomic E-state index is 5.98. The minimum Gasteiger partial charge on any atom is -0.474 e. The Morgan fingerprint density at radius 1 is 1.27 bits per heavy atom. The van der Waals surface area contributed by atoms with Crippen molar-refractivity contribution in [3.63, 3.8) is 0 Å². The molecular formula is C19H27N5OS. The molecule has 26 heavy (non-hydrogen) atoms. The van der Waals surface area contributed by atoms with E-state index >= 15 is 0 Å². The van der Waals surface area contributed by atoms with E-state index in [0.29, 0.717) is 25.1 Å². The van der Waals surface area contributed by atoms with Gasteiger partial charge in [-0.15, -0.1) is 11.3 Å². The first kappa shape index (κ1) is 18.6. The number of thiazole rings is 1. The summed E-state index contributed by atoms with van der Waals surface area (Å²) in [7, 11) is 1.77. The molecule has 0 radical (unpaired) electrons. The number of pyridine rings is 1. The molecule has 2 aromatic heterocycles. The molecule has 1 saturated carbocycles. The maximum Gasteiger partial charge on any atom is 0.213 e. The minimum absolute atomic E-state index is 0.324. The lowest BCUT2D eigenvalue weighted by atomic mass is 10.2. The van der Waals surface area contributed by atoms with Gasteiger partial charge in [0, 0.05) is 30.7 Å². The van der Waals surface area contributed by atoms with Crippen molar-refractivity contribution in [3.05, 3.63) is 39.5 Å². The third-order valence-corrected chi connectivity index (χ3v) is 5.63. The second-order valence-electron chi connectivity index (χ2n) is 6.56. The van der Waals surface area contributed by atoms with Crippen molar-refractivity contribution in [3.8, 4) is 5.88 Å². The molecule has 1 aliphatic rings. The fourth-order valence-corrected chi connectivity index (χ4v) is 3.86. The van der Waals surface area contributed by atoms with Crippen LogP contribution in [0, 0.1) is 13.8 Å². The summed E-state index contributed by atoms with van der Waals surface area (Å²) in [4.78, 5) is 14.4. The Morgan fingerprint density at radius 3 is 2.73 bits per heavy atom. The van der Waals surface area contributed by atoms with Gasteiger partial charge in [0.2, 0.25) is 5.88 Å². The van der Waals surface area contributed by atoms with Gasteiger partial charge < -0.3 is 15.4 Å². The molecule has 7 heteroatoms. The van der Waals surface area contributed by atoms with E-state index in [9.17, 15) is 0 Å². The second-order valence-corrected chi connectivity index (χ2v) is 7.84. The summed E-state index contributed by atoms with van der Waals surface area (Å²) in [6.45, 7) is 5.47. The summed E-state index contributed by atoms with van der Waals surface area (Å²) in [6, 6.07) is 4.00. The zero-order chi connectivity index (χ0) is 18.4. The average Bonchev–Trinajstić information content (AvgIpc) is 3.25. The van der Waals surface area contributed by atoms with E-state index in [1.54, 1.807) is 24.6 Å². The smallest absolute Gasteiger partial charge is 0.213 e. The third-order valence-electron chi connectivity index (χ3n) is 4.55. The molecule has 1 aliphatic carbocycles. The molecule has 140 valence electrons. The molecule has 6 nitrogen and oxygen atoms in total. The molecular weight excluding hydrogens is 346 g/mol. The monoisotopic (exact) mass is 373 g/mol. The van der Waals surface area contributed by atoms with Crippen LogP contribution < -0.4 is 15.4 Å². The van der Waals surface area contributed by atoms with Gasteiger partial charge in [-0.3, -0.25) is 4.99 Å². The number of ether oxygens (including phenoxy) is 1. The Kier molecular flexibility index (Phi) is 6.44. The number of rotatable bonds is 6. The van der Waals surface area contributed by atoms with E-state index in [-0.39, 0.29) is 0 Å². The molecule has 3 rings (SSSR count). The summed E-state index contributed by atoms with van der Waals surface area (Å²) >= 11 is 1.72. The molecule has 2 aromatic rings. The Hall–Kier alpha value is -2.15. The van der Waals surface area contributed by atoms with Crippen LogP contribution in [-0.2, 0) is 13.1 Å². The average molecular weight is 374 g/mol. The third kappa shape index (κ3) is 5.17. The highest BCUT2D eigenvalue weighted by atomic mass is 32.1. The molecule has 0 aliphatic heterocycles. The molecule has 0 spiro atoms. The van der Waals surface area contributed by atoms with Gasteiger partial charge in [0.25, 0.3) is 0 Å². The van der Waals surface area contributed by atoms with Crippen LogP contribution in [0.1, 0.15) is 46.8 Å². The number of guanidine groups is 1. The Balaban J connectivity index is 1.50. The van der Waals surface area contributed by atoms with Crippen molar-refractivity contribution in [2.24, 2.45) is 4.99 Å². The van der Waals surface area contributed by atoms with Crippen molar-refractivity contribution in [2.75, 3.05) is 7.05 Å². The van der Waals surface area contributed by atoms with Gasteiger partial charge in [0.05, 0.1) is 12.2 Å². The van der Waals surface area contributed by atoms with Crippen molar-refractivity contribution in [1.29, 1.82) is 0 Å². The highest BCUT2D eigenvalue weighted by molar-refractivity contribution is 7.11. The lowest BCUT2D eigenvalue weighted by molar-refractivity contribution is 0.201. The van der Waals surface area contributed by atoms with Crippen molar-refractivity contribution in [2.45, 2.75) is 58.7 Å². The molecule has 0 amide bonds. The fraction of sp³-hybridized carbons (Fsp3) is 0.526. The summed E-state index contributed by atoms with van der Waals surface area (Å²) in [5.74, 6) is 1.47. The molecule has 0 saturated heterocycles. The number of aliphatic imine (C=N–C) groups is 1. The molecule has 2 heterocycles. The zero-order valence-electron chi connectivity index (χ0n) is 15.7. The van der Waals surface area contributed by atoms with Crippen LogP contribution in [0.4, 0.5) is 0 Å². The Labute approximate surface area is 159 Å². The predicted octanol–water partition coefficient (Wildman–Crippen LogP) is 3.34. The fourth-order valence-electron chi connectivity index (χ4n) is 2.98. The van der Waals surface area contributed by atoms with E-state index in [4.69, 9.17) is 4.74 Å². The molecule has 0 atom stereocenters. The highest BCUT2D eigenvalue weighted by Gasteiger charge is 2.17. The van der Waals surface area contributed by atoms with Crippen molar-refractivity contribution in [1.82, 2.24) is 20.6 Å². The number of aromatic nitrogens is 2. The summed E-state index contributed by atoms with van der Waals surface area (Å²) in [5.41, 5.74) is 2.22. The molecule has 2 N–H and O–H groups in total. The second kappa shape index (κ2) is 8.98. The van der Waals surface area contributed by atoms with E-state index < -0.39 is 0 Å². The predicted molar refractivity (Wildman–Crippen MR) is 106 cm³/mol. The Morgan fingerprint density at radius 2 is 2.04 bits per heavy atom. The van der Waals surface area contributed by atoms with Gasteiger partial charge >= 0.3 is 0 Å². The SMILES string of the molecule is CN=C(NCc1ccnc(OC2CCCC2)c1)NCc1nc(C)c(C)s1. The van der Waals surface area contributed by atoms with Crippen molar-refractivity contribution >= 4 is 17.3 Å². The van der Waals surface area contributed by atoms with E-state index in [0.717, 1.165) is 35.1 Å². The molecule has 0 aromatic carbocycles. The van der Waals surface area contributed by atoms with Gasteiger partial charge in [-0.05, 0) is 51.2 Å². The highest BCUT2D eigenvalue weighted by Crippen LogP contribution is 2.23. The van der Waals surface area contributed by atoms with Gasteiger partial charge in [-0.2, -0.15) is 0 Å². The van der Waals surface area contributed by atoms with Crippen molar-refractivity contribution < 1.29 is 4.74 Å². The molecule has 0 bridgehead atoms. The van der Waals surface area contributed by atoms with Crippen LogP contribution in [0.2, 0.25) is 0 Å². The summed E-state index contributed by atoms with van der Waals surface area (Å²) < 4.78 is 5.98. The first-order valence-corrected chi connectivity index (χ1v) is 9.94. The number of nitrogens with one attached hydrogen (secondary N) is 2. The quantitative estimate of drug-likeness (QED) is 0.600. The lowest BCUT2D eigenvalue weighted by Gasteiger charge is -2.14. The Bertz CT molecular complexity index is 733. The molecule has 0 unspecified atom stereocenters. The van der Waals surface area contributed by atoms with E-state index in [1.807, 2.05) is 19.1 Å². The summed E-state index contributed by atoms with van der Waals surface area (Å²) in [6.07, 6.45) is 6.91. The molecule has 1 fully saturated rings. The van der Waals surface area contributed by atoms with Gasteiger partial charge in [-0.25, -0.2) is 9.97 Å².